The van der Waals surface area contributed by atoms with Crippen molar-refractivity contribution < 1.29 is 50.5 Å². The van der Waals surface area contributed by atoms with Gasteiger partial charge in [0, 0.05) is 18.3 Å². The first-order valence-corrected chi connectivity index (χ1v) is 15.8. The quantitative estimate of drug-likeness (QED) is 0.165. The van der Waals surface area contributed by atoms with E-state index in [1.807, 2.05) is 0 Å². The van der Waals surface area contributed by atoms with E-state index >= 15 is 0 Å². The summed E-state index contributed by atoms with van der Waals surface area (Å²) < 4.78 is 80.7. The Labute approximate surface area is 267 Å². The third-order valence-corrected chi connectivity index (χ3v) is 8.65. The van der Waals surface area contributed by atoms with Crippen LogP contribution >= 0.6 is 0 Å². The van der Waals surface area contributed by atoms with Crippen LogP contribution in [0.5, 0.6) is 23.1 Å². The van der Waals surface area contributed by atoms with Gasteiger partial charge < -0.3 is 24.6 Å². The van der Waals surface area contributed by atoms with Crippen LogP contribution in [0.4, 0.5) is 18.9 Å². The van der Waals surface area contributed by atoms with Gasteiger partial charge in [0.15, 0.2) is 0 Å². The number of nitrogens with zero attached hydrogens (tertiary/aromatic N) is 1. The number of anilines is 1. The van der Waals surface area contributed by atoms with Crippen LogP contribution in [-0.2, 0) is 10.0 Å². The molecule has 11 nitrogen and oxygen atoms in total. The Balaban J connectivity index is 1.08. The summed E-state index contributed by atoms with van der Waals surface area (Å²) in [5.41, 5.74) is 0.332. The second kappa shape index (κ2) is 14.1. The minimum atomic E-state index is -4.87. The fourth-order valence-electron chi connectivity index (χ4n) is 4.85. The summed E-state index contributed by atoms with van der Waals surface area (Å²) in [6, 6.07) is 19.5. The average Bonchev–Trinajstić information content (AvgIpc) is 3.03. The smallest absolute Gasteiger partial charge is 0.490 e. The first kappa shape index (κ1) is 33.2. The third-order valence-electron chi connectivity index (χ3n) is 7.12. The Morgan fingerprint density at radius 1 is 0.830 bits per heavy atom. The van der Waals surface area contributed by atoms with E-state index in [4.69, 9.17) is 9.47 Å². The van der Waals surface area contributed by atoms with Crippen LogP contribution in [0, 0.1) is 0 Å². The number of aromatic carboxylic acids is 1. The van der Waals surface area contributed by atoms with E-state index in [9.17, 15) is 36.3 Å². The van der Waals surface area contributed by atoms with E-state index < -0.39 is 34.0 Å². The predicted molar refractivity (Wildman–Crippen MR) is 162 cm³/mol. The van der Waals surface area contributed by atoms with Crippen LogP contribution in [0.15, 0.2) is 96.0 Å². The summed E-state index contributed by atoms with van der Waals surface area (Å²) in [5, 5.41) is 11.9. The maximum Gasteiger partial charge on any atom is 0.573 e. The van der Waals surface area contributed by atoms with Gasteiger partial charge in [-0.1, -0.05) is 12.1 Å². The zero-order valence-electron chi connectivity index (χ0n) is 24.4. The minimum absolute atomic E-state index is 0.0369. The molecule has 1 fully saturated rings. The molecule has 0 unspecified atom stereocenters. The van der Waals surface area contributed by atoms with Gasteiger partial charge in [-0.3, -0.25) is 4.79 Å². The molecule has 0 atom stereocenters. The molecular formula is C32H28F3N3O8S. The van der Waals surface area contributed by atoms with Crippen molar-refractivity contribution in [3.8, 4) is 23.1 Å². The number of rotatable bonds is 11. The van der Waals surface area contributed by atoms with E-state index in [0.717, 1.165) is 24.3 Å². The molecule has 1 aliphatic carbocycles. The number of pyridine rings is 1. The summed E-state index contributed by atoms with van der Waals surface area (Å²) >= 11 is 0. The highest BCUT2D eigenvalue weighted by molar-refractivity contribution is 7.89. The number of para-hydroxylation sites is 1. The van der Waals surface area contributed by atoms with Gasteiger partial charge in [-0.05, 0) is 92.4 Å². The molecule has 1 aromatic heterocycles. The SMILES string of the molecule is O=C(Nc1ccccc1C(=O)O)c1ccc(Oc2ccc(OC3CCC(NS(=O)(=O)c4ccc(OC(F)(F)F)cc4)CC3)cc2)nc1. The van der Waals surface area contributed by atoms with Crippen molar-refractivity contribution in [3.63, 3.8) is 0 Å². The normalized spacial score (nSPS) is 16.6. The lowest BCUT2D eigenvalue weighted by molar-refractivity contribution is -0.274. The van der Waals surface area contributed by atoms with Crippen LogP contribution in [0.2, 0.25) is 0 Å². The van der Waals surface area contributed by atoms with Crippen molar-refractivity contribution in [2.24, 2.45) is 0 Å². The number of hydrogen-bond acceptors (Lipinski definition) is 8. The summed E-state index contributed by atoms with van der Waals surface area (Å²) in [6.07, 6.45) is -1.54. The zero-order valence-corrected chi connectivity index (χ0v) is 25.3. The number of carboxylic acid groups (broad SMARTS) is 1. The first-order chi connectivity index (χ1) is 22.3. The van der Waals surface area contributed by atoms with E-state index in [0.29, 0.717) is 37.2 Å². The van der Waals surface area contributed by atoms with Crippen molar-refractivity contribution in [1.29, 1.82) is 0 Å². The Kier molecular flexibility index (Phi) is 9.96. The number of carbonyl (C=O) groups is 2. The number of nitrogens with one attached hydrogen (secondary N) is 2. The highest BCUT2D eigenvalue weighted by Gasteiger charge is 2.31. The van der Waals surface area contributed by atoms with E-state index in [1.165, 1.54) is 30.5 Å². The Hall–Kier alpha value is -5.15. The van der Waals surface area contributed by atoms with Gasteiger partial charge in [0.25, 0.3) is 5.91 Å². The van der Waals surface area contributed by atoms with Gasteiger partial charge in [0.05, 0.1) is 27.8 Å². The average molecular weight is 672 g/mol. The summed E-state index contributed by atoms with van der Waals surface area (Å²) in [7, 11) is -3.94. The van der Waals surface area contributed by atoms with Gasteiger partial charge in [-0.25, -0.2) is 22.9 Å². The molecule has 15 heteroatoms. The number of carbonyl (C=O) groups excluding carboxylic acids is 1. The Morgan fingerprint density at radius 3 is 2.09 bits per heavy atom. The van der Waals surface area contributed by atoms with Crippen molar-refractivity contribution >= 4 is 27.6 Å². The van der Waals surface area contributed by atoms with Crippen LogP contribution in [0.1, 0.15) is 46.4 Å². The first-order valence-electron chi connectivity index (χ1n) is 14.3. The molecule has 246 valence electrons. The molecule has 47 heavy (non-hydrogen) atoms. The Bertz CT molecular complexity index is 1810. The lowest BCUT2D eigenvalue weighted by Crippen LogP contribution is -2.39. The molecule has 3 aromatic carbocycles. The van der Waals surface area contributed by atoms with Crippen LogP contribution < -0.4 is 24.2 Å². The van der Waals surface area contributed by atoms with E-state index in [1.54, 1.807) is 36.4 Å². The monoisotopic (exact) mass is 671 g/mol. The molecule has 5 rings (SSSR count). The maximum absolute atomic E-state index is 12.7. The van der Waals surface area contributed by atoms with E-state index in [-0.39, 0.29) is 39.7 Å². The highest BCUT2D eigenvalue weighted by Crippen LogP contribution is 2.29. The van der Waals surface area contributed by atoms with Crippen molar-refractivity contribution in [3.05, 3.63) is 102 Å². The Morgan fingerprint density at radius 2 is 1.47 bits per heavy atom. The number of halogens is 3. The molecule has 1 saturated carbocycles. The fraction of sp³-hybridized carbons (Fsp3) is 0.219. The molecule has 0 spiro atoms. The number of alkyl halides is 3. The predicted octanol–water partition coefficient (Wildman–Crippen LogP) is 6.39. The second-order valence-corrected chi connectivity index (χ2v) is 12.2. The van der Waals surface area contributed by atoms with E-state index in [2.05, 4.69) is 19.8 Å². The van der Waals surface area contributed by atoms with Crippen LogP contribution in [-0.4, -0.2) is 48.9 Å². The van der Waals surface area contributed by atoms with Gasteiger partial charge in [-0.2, -0.15) is 0 Å². The van der Waals surface area contributed by atoms with Gasteiger partial charge in [0.2, 0.25) is 15.9 Å². The zero-order chi connectivity index (χ0) is 33.6. The number of hydrogen-bond donors (Lipinski definition) is 3. The number of amides is 1. The fourth-order valence-corrected chi connectivity index (χ4v) is 6.16. The highest BCUT2D eigenvalue weighted by atomic mass is 32.2. The molecule has 0 saturated heterocycles. The minimum Gasteiger partial charge on any atom is -0.490 e. The molecule has 0 radical (unpaired) electrons. The maximum atomic E-state index is 12.7. The number of aromatic nitrogens is 1. The molecule has 3 N–H and O–H groups in total. The topological polar surface area (TPSA) is 153 Å². The standard InChI is InChI=1S/C32H28F3N3O8S/c33-32(34,35)46-25-14-16-26(17-15-25)47(42,43)38-21-6-8-22(9-7-21)44-23-10-12-24(13-11-23)45-29-18-5-20(19-36-29)30(39)37-28-4-2-1-3-27(28)31(40)41/h1-5,10-19,21-22,38H,6-9H2,(H,37,39)(H,40,41). The third kappa shape index (κ3) is 9.20. The molecule has 1 aliphatic rings. The molecule has 1 heterocycles. The molecule has 1 amide bonds. The molecule has 0 aliphatic heterocycles. The number of ether oxygens (including phenoxy) is 3. The van der Waals surface area contributed by atoms with Gasteiger partial charge in [-0.15, -0.1) is 13.2 Å². The summed E-state index contributed by atoms with van der Waals surface area (Å²) in [5.74, 6) is -0.919. The molecular weight excluding hydrogens is 643 g/mol. The number of carboxylic acids is 1. The van der Waals surface area contributed by atoms with Crippen LogP contribution in [0.3, 0.4) is 0 Å². The summed E-state index contributed by atoms with van der Waals surface area (Å²) in [4.78, 5) is 27.9. The van der Waals surface area contributed by atoms with Crippen molar-refractivity contribution in [1.82, 2.24) is 9.71 Å². The van der Waals surface area contributed by atoms with Gasteiger partial charge in [0.1, 0.15) is 17.2 Å². The number of benzene rings is 3. The number of sulfonamides is 1. The lowest BCUT2D eigenvalue weighted by Gasteiger charge is -2.29. The van der Waals surface area contributed by atoms with Crippen molar-refractivity contribution in [2.75, 3.05) is 5.32 Å². The van der Waals surface area contributed by atoms with Gasteiger partial charge >= 0.3 is 12.3 Å². The lowest BCUT2D eigenvalue weighted by atomic mass is 9.94. The van der Waals surface area contributed by atoms with Crippen molar-refractivity contribution in [2.45, 2.75) is 49.1 Å². The largest absolute Gasteiger partial charge is 0.573 e. The second-order valence-electron chi connectivity index (χ2n) is 10.5. The van der Waals surface area contributed by atoms with Crippen LogP contribution in [0.25, 0.3) is 0 Å². The molecule has 4 aromatic rings. The summed E-state index contributed by atoms with van der Waals surface area (Å²) in [6.45, 7) is 0. The molecule has 0 bridgehead atoms.